The average Bonchev–Trinajstić information content (AvgIpc) is 2.67. The molecule has 0 unspecified atom stereocenters. The molecule has 0 saturated carbocycles. The maximum absolute atomic E-state index is 13.2. The summed E-state index contributed by atoms with van der Waals surface area (Å²) >= 11 is 1.28. The number of aromatic nitrogens is 1. The van der Waals surface area contributed by atoms with Crippen LogP contribution in [0.4, 0.5) is 0 Å². The van der Waals surface area contributed by atoms with Gasteiger partial charge >= 0.3 is 0 Å². The van der Waals surface area contributed by atoms with Crippen LogP contribution < -0.4 is 9.99 Å². The smallest absolute Gasteiger partial charge is 0.268 e. The summed E-state index contributed by atoms with van der Waals surface area (Å²) in [5.74, 6) is 0.944. The predicted molar refractivity (Wildman–Crippen MR) is 134 cm³/mol. The summed E-state index contributed by atoms with van der Waals surface area (Å²) in [4.78, 5) is 13.5. The van der Waals surface area contributed by atoms with E-state index in [4.69, 9.17) is 4.43 Å². The Hall–Kier alpha value is -2.18. The summed E-state index contributed by atoms with van der Waals surface area (Å²) in [6.07, 6.45) is 1.82. The molecule has 6 heteroatoms. The lowest BCUT2D eigenvalue weighted by Gasteiger charge is -2.36. The van der Waals surface area contributed by atoms with Gasteiger partial charge in [-0.1, -0.05) is 32.9 Å². The molecule has 0 spiro atoms. The van der Waals surface area contributed by atoms with Crippen LogP contribution in [0.5, 0.6) is 11.5 Å². The summed E-state index contributed by atoms with van der Waals surface area (Å²) in [5, 5.41) is 11.5. The van der Waals surface area contributed by atoms with Gasteiger partial charge in [0.1, 0.15) is 16.4 Å². The van der Waals surface area contributed by atoms with E-state index in [9.17, 15) is 9.90 Å². The highest BCUT2D eigenvalue weighted by molar-refractivity contribution is 7.98. The van der Waals surface area contributed by atoms with Gasteiger partial charge in [0.25, 0.3) is 5.56 Å². The molecule has 0 atom stereocenters. The maximum atomic E-state index is 13.2. The van der Waals surface area contributed by atoms with Crippen LogP contribution in [0.25, 0.3) is 10.9 Å². The third-order valence-corrected chi connectivity index (χ3v) is 11.6. The highest BCUT2D eigenvalue weighted by Crippen LogP contribution is 2.37. The lowest BCUT2D eigenvalue weighted by molar-refractivity contribution is 0.464. The fraction of sp³-hybridized carbons (Fsp3) is 0.400. The van der Waals surface area contributed by atoms with E-state index in [1.165, 1.54) is 11.8 Å². The molecule has 0 aliphatic heterocycles. The van der Waals surface area contributed by atoms with Crippen LogP contribution in [0.3, 0.4) is 0 Å². The summed E-state index contributed by atoms with van der Waals surface area (Å²) in [5.41, 5.74) is 3.79. The van der Waals surface area contributed by atoms with Crippen molar-refractivity contribution in [2.45, 2.75) is 64.2 Å². The topological polar surface area (TPSA) is 51.5 Å². The van der Waals surface area contributed by atoms with Crippen molar-refractivity contribution >= 4 is 31.0 Å². The number of rotatable bonds is 5. The van der Waals surface area contributed by atoms with Gasteiger partial charge in [0, 0.05) is 5.39 Å². The second-order valence-corrected chi connectivity index (χ2v) is 15.3. The van der Waals surface area contributed by atoms with Crippen LogP contribution >= 0.6 is 11.8 Å². The molecule has 1 heterocycles. The van der Waals surface area contributed by atoms with Crippen LogP contribution in [0.15, 0.2) is 46.1 Å². The molecule has 0 radical (unpaired) electrons. The molecular weight excluding hydrogens is 422 g/mol. The number of fused-ring (bicyclic) bond motifs is 1. The van der Waals surface area contributed by atoms with E-state index >= 15 is 0 Å². The molecule has 0 bridgehead atoms. The molecule has 1 aromatic heterocycles. The van der Waals surface area contributed by atoms with Crippen molar-refractivity contribution in [1.29, 1.82) is 0 Å². The Morgan fingerprint density at radius 3 is 2.19 bits per heavy atom. The first kappa shape index (κ1) is 23.5. The van der Waals surface area contributed by atoms with Gasteiger partial charge in [0.15, 0.2) is 0 Å². The lowest BCUT2D eigenvalue weighted by Crippen LogP contribution is -2.43. The zero-order chi connectivity index (χ0) is 23.1. The molecular formula is C25H33NO3SSi. The summed E-state index contributed by atoms with van der Waals surface area (Å²) in [6, 6.07) is 12.0. The summed E-state index contributed by atoms with van der Waals surface area (Å²) in [6.45, 7) is 15.6. The standard InChI is InChI=1S/C25H33NO3SSi/c1-16-13-20-21(14-17(16)2)26(24(28)23(30-6)22(20)27)15-18-9-11-19(12-10-18)29-31(7,8)25(3,4)5/h9-14,27H,15H2,1-8H3. The van der Waals surface area contributed by atoms with Gasteiger partial charge in [-0.2, -0.15) is 0 Å². The number of hydrogen-bond donors (Lipinski definition) is 1. The third-order valence-electron chi connectivity index (χ3n) is 6.46. The van der Waals surface area contributed by atoms with E-state index in [0.29, 0.717) is 16.8 Å². The Labute approximate surface area is 190 Å². The predicted octanol–water partition coefficient (Wildman–Crippen LogP) is 6.48. The maximum Gasteiger partial charge on any atom is 0.268 e. The summed E-state index contributed by atoms with van der Waals surface area (Å²) < 4.78 is 8.14. The fourth-order valence-electron chi connectivity index (χ4n) is 3.30. The van der Waals surface area contributed by atoms with Gasteiger partial charge in [-0.15, -0.1) is 11.8 Å². The lowest BCUT2D eigenvalue weighted by atomic mass is 10.0. The largest absolute Gasteiger partial charge is 0.544 e. The minimum Gasteiger partial charge on any atom is -0.544 e. The molecule has 3 aromatic rings. The van der Waals surface area contributed by atoms with Crippen molar-refractivity contribution < 1.29 is 9.53 Å². The molecule has 0 fully saturated rings. The molecule has 3 rings (SSSR count). The van der Waals surface area contributed by atoms with Crippen LogP contribution in [-0.2, 0) is 6.54 Å². The first-order valence-electron chi connectivity index (χ1n) is 10.5. The SMILES string of the molecule is CSc1c(O)c2cc(C)c(C)cc2n(Cc2ccc(O[Si](C)(C)C(C)(C)C)cc2)c1=O. The van der Waals surface area contributed by atoms with E-state index in [1.807, 2.05) is 56.5 Å². The van der Waals surface area contributed by atoms with E-state index in [2.05, 4.69) is 33.9 Å². The molecule has 0 aliphatic rings. The van der Waals surface area contributed by atoms with Crippen molar-refractivity contribution in [3.8, 4) is 11.5 Å². The van der Waals surface area contributed by atoms with Crippen molar-refractivity contribution in [2.75, 3.05) is 6.26 Å². The number of pyridine rings is 1. The van der Waals surface area contributed by atoms with Crippen molar-refractivity contribution in [3.05, 3.63) is 63.4 Å². The van der Waals surface area contributed by atoms with E-state index < -0.39 is 8.32 Å². The first-order valence-corrected chi connectivity index (χ1v) is 14.7. The highest BCUT2D eigenvalue weighted by atomic mass is 32.2. The Balaban J connectivity index is 2.02. The second-order valence-electron chi connectivity index (χ2n) is 9.73. The molecule has 0 aliphatic carbocycles. The normalized spacial score (nSPS) is 12.4. The molecule has 1 N–H and O–H groups in total. The number of aromatic hydroxyl groups is 1. The fourth-order valence-corrected chi connectivity index (χ4v) is 4.92. The van der Waals surface area contributed by atoms with Gasteiger partial charge in [0.05, 0.1) is 12.1 Å². The van der Waals surface area contributed by atoms with Crippen LogP contribution in [-0.4, -0.2) is 24.2 Å². The van der Waals surface area contributed by atoms with E-state index in [-0.39, 0.29) is 16.3 Å². The molecule has 2 aromatic carbocycles. The Morgan fingerprint density at radius 2 is 1.65 bits per heavy atom. The zero-order valence-corrected chi connectivity index (χ0v) is 21.6. The van der Waals surface area contributed by atoms with Crippen LogP contribution in [0, 0.1) is 13.8 Å². The van der Waals surface area contributed by atoms with E-state index in [0.717, 1.165) is 28.0 Å². The van der Waals surface area contributed by atoms with E-state index in [1.54, 1.807) is 4.57 Å². The second kappa shape index (κ2) is 8.39. The monoisotopic (exact) mass is 455 g/mol. The minimum absolute atomic E-state index is 0.0740. The van der Waals surface area contributed by atoms with Gasteiger partial charge in [-0.25, -0.2) is 0 Å². The Kier molecular flexibility index (Phi) is 6.36. The van der Waals surface area contributed by atoms with Gasteiger partial charge in [-0.05, 0) is 79.2 Å². The van der Waals surface area contributed by atoms with Gasteiger partial charge in [0.2, 0.25) is 8.32 Å². The molecule has 31 heavy (non-hydrogen) atoms. The zero-order valence-electron chi connectivity index (χ0n) is 19.8. The summed E-state index contributed by atoms with van der Waals surface area (Å²) in [7, 11) is -1.90. The molecule has 0 amide bonds. The van der Waals surface area contributed by atoms with Crippen LogP contribution in [0.2, 0.25) is 18.1 Å². The van der Waals surface area contributed by atoms with Crippen LogP contribution in [0.1, 0.15) is 37.5 Å². The Bertz CT molecular complexity index is 1170. The number of hydrogen-bond acceptors (Lipinski definition) is 4. The average molecular weight is 456 g/mol. The van der Waals surface area contributed by atoms with Gasteiger partial charge < -0.3 is 14.1 Å². The van der Waals surface area contributed by atoms with Crippen molar-refractivity contribution in [3.63, 3.8) is 0 Å². The number of aryl methyl sites for hydroxylation is 2. The Morgan fingerprint density at radius 1 is 1.06 bits per heavy atom. The quantitative estimate of drug-likeness (QED) is 0.353. The number of thioether (sulfide) groups is 1. The van der Waals surface area contributed by atoms with Gasteiger partial charge in [-0.3, -0.25) is 4.79 Å². The molecule has 166 valence electrons. The van der Waals surface area contributed by atoms with Crippen molar-refractivity contribution in [1.82, 2.24) is 4.57 Å². The molecule has 4 nitrogen and oxygen atoms in total. The van der Waals surface area contributed by atoms with Crippen molar-refractivity contribution in [2.24, 2.45) is 0 Å². The first-order chi connectivity index (χ1) is 14.4. The third kappa shape index (κ3) is 4.55. The number of nitrogens with zero attached hydrogens (tertiary/aromatic N) is 1. The highest BCUT2D eigenvalue weighted by Gasteiger charge is 2.38. The molecule has 0 saturated heterocycles. The minimum atomic E-state index is -1.90. The number of benzene rings is 2.